The largest absolute Gasteiger partial charge is 0.311 e. The number of nitrogens with zero attached hydrogens (tertiary/aromatic N) is 1. The van der Waals surface area contributed by atoms with Gasteiger partial charge in [-0.15, -0.1) is 0 Å². The van der Waals surface area contributed by atoms with Crippen LogP contribution in [0.1, 0.15) is 37.9 Å². The second-order valence-corrected chi connectivity index (χ2v) is 5.39. The van der Waals surface area contributed by atoms with Gasteiger partial charge in [0.1, 0.15) is 0 Å². The van der Waals surface area contributed by atoms with E-state index in [2.05, 4.69) is 62.2 Å². The Morgan fingerprint density at radius 2 is 2.00 bits per heavy atom. The first-order valence-electron chi connectivity index (χ1n) is 6.64. The van der Waals surface area contributed by atoms with Crippen LogP contribution in [-0.2, 0) is 0 Å². The van der Waals surface area contributed by atoms with Gasteiger partial charge in [0.25, 0.3) is 0 Å². The minimum atomic E-state index is 0.510. The van der Waals surface area contributed by atoms with Gasteiger partial charge in [-0.05, 0) is 38.8 Å². The fourth-order valence-corrected chi connectivity index (χ4v) is 2.82. The number of benzene rings is 1. The minimum absolute atomic E-state index is 0.510. The molecule has 3 unspecified atom stereocenters. The van der Waals surface area contributed by atoms with Crippen molar-refractivity contribution in [1.29, 1.82) is 0 Å². The van der Waals surface area contributed by atoms with Gasteiger partial charge in [-0.2, -0.15) is 0 Å². The van der Waals surface area contributed by atoms with Crippen LogP contribution in [0.15, 0.2) is 24.3 Å². The maximum atomic E-state index is 3.54. The quantitative estimate of drug-likeness (QED) is 0.843. The molecule has 0 saturated carbocycles. The summed E-state index contributed by atoms with van der Waals surface area (Å²) in [5.41, 5.74) is 2.87. The number of rotatable bonds is 2. The molecule has 1 aromatic carbocycles. The third-order valence-electron chi connectivity index (χ3n) is 3.95. The average Bonchev–Trinajstić information content (AvgIpc) is 2.32. The van der Waals surface area contributed by atoms with Gasteiger partial charge in [0.15, 0.2) is 0 Å². The fourth-order valence-electron chi connectivity index (χ4n) is 2.82. The number of piperazine rings is 1. The zero-order valence-electron chi connectivity index (χ0n) is 11.4. The van der Waals surface area contributed by atoms with Gasteiger partial charge >= 0.3 is 0 Å². The Bertz CT molecular complexity index is 375. The second kappa shape index (κ2) is 5.19. The second-order valence-electron chi connectivity index (χ2n) is 5.39. The predicted molar refractivity (Wildman–Crippen MR) is 73.2 cm³/mol. The molecule has 0 spiro atoms. The van der Waals surface area contributed by atoms with Crippen LogP contribution in [0.2, 0.25) is 0 Å². The minimum Gasteiger partial charge on any atom is -0.311 e. The lowest BCUT2D eigenvalue weighted by atomic mass is 9.98. The molecule has 2 nitrogen and oxygen atoms in total. The highest BCUT2D eigenvalue weighted by Gasteiger charge is 2.27. The van der Waals surface area contributed by atoms with Gasteiger partial charge in [0, 0.05) is 31.2 Å². The van der Waals surface area contributed by atoms with Crippen molar-refractivity contribution in [3.05, 3.63) is 35.4 Å². The Labute approximate surface area is 105 Å². The molecule has 2 heteroatoms. The molecule has 0 amide bonds. The summed E-state index contributed by atoms with van der Waals surface area (Å²) < 4.78 is 0. The number of hydrogen-bond donors (Lipinski definition) is 1. The van der Waals surface area contributed by atoms with E-state index in [1.54, 1.807) is 0 Å². The molecule has 1 aliphatic heterocycles. The Morgan fingerprint density at radius 1 is 1.29 bits per heavy atom. The van der Waals surface area contributed by atoms with Gasteiger partial charge < -0.3 is 5.32 Å². The van der Waals surface area contributed by atoms with E-state index in [1.165, 1.54) is 11.1 Å². The summed E-state index contributed by atoms with van der Waals surface area (Å²) in [6.45, 7) is 11.4. The van der Waals surface area contributed by atoms with E-state index >= 15 is 0 Å². The lowest BCUT2D eigenvalue weighted by molar-refractivity contribution is 0.103. The molecule has 0 bridgehead atoms. The number of nitrogens with one attached hydrogen (secondary N) is 1. The van der Waals surface area contributed by atoms with Gasteiger partial charge in [-0.1, -0.05) is 24.3 Å². The molecule has 17 heavy (non-hydrogen) atoms. The Kier molecular flexibility index (Phi) is 3.85. The average molecular weight is 232 g/mol. The van der Waals surface area contributed by atoms with Crippen LogP contribution >= 0.6 is 0 Å². The van der Waals surface area contributed by atoms with Crippen molar-refractivity contribution in [2.75, 3.05) is 13.1 Å². The highest BCUT2D eigenvalue weighted by Crippen LogP contribution is 2.26. The molecule has 0 radical (unpaired) electrons. The Balaban J connectivity index is 2.18. The molecule has 1 N–H and O–H groups in total. The maximum absolute atomic E-state index is 3.54. The zero-order valence-corrected chi connectivity index (χ0v) is 11.4. The SMILES string of the molecule is Cc1ccccc1C(C)N1CC(C)NCC1C. The van der Waals surface area contributed by atoms with Crippen LogP contribution in [0.4, 0.5) is 0 Å². The molecule has 0 aromatic heterocycles. The zero-order chi connectivity index (χ0) is 12.4. The highest BCUT2D eigenvalue weighted by molar-refractivity contribution is 5.28. The molecule has 3 atom stereocenters. The molecule has 2 rings (SSSR count). The van der Waals surface area contributed by atoms with Crippen molar-refractivity contribution in [3.8, 4) is 0 Å². The lowest BCUT2D eigenvalue weighted by Crippen LogP contribution is -2.54. The molecule has 1 saturated heterocycles. The van der Waals surface area contributed by atoms with E-state index < -0.39 is 0 Å². The van der Waals surface area contributed by atoms with Crippen LogP contribution in [0.5, 0.6) is 0 Å². The summed E-state index contributed by atoms with van der Waals surface area (Å²) in [6.07, 6.45) is 0. The van der Waals surface area contributed by atoms with Crippen LogP contribution < -0.4 is 5.32 Å². The topological polar surface area (TPSA) is 15.3 Å². The lowest BCUT2D eigenvalue weighted by Gasteiger charge is -2.41. The summed E-state index contributed by atoms with van der Waals surface area (Å²) in [5.74, 6) is 0. The van der Waals surface area contributed by atoms with Gasteiger partial charge in [-0.25, -0.2) is 0 Å². The van der Waals surface area contributed by atoms with Gasteiger partial charge in [-0.3, -0.25) is 4.90 Å². The van der Waals surface area contributed by atoms with E-state index in [0.717, 1.165) is 13.1 Å². The maximum Gasteiger partial charge on any atom is 0.0326 e. The summed E-state index contributed by atoms with van der Waals surface area (Å²) in [7, 11) is 0. The number of aryl methyl sites for hydroxylation is 1. The van der Waals surface area contributed by atoms with Crippen molar-refractivity contribution >= 4 is 0 Å². The summed E-state index contributed by atoms with van der Waals surface area (Å²) in [5, 5.41) is 3.54. The molecule has 1 aliphatic rings. The van der Waals surface area contributed by atoms with Crippen molar-refractivity contribution in [2.45, 2.75) is 45.8 Å². The first-order chi connectivity index (χ1) is 8.09. The normalized spacial score (nSPS) is 28.0. The molecule has 1 fully saturated rings. The van der Waals surface area contributed by atoms with E-state index in [4.69, 9.17) is 0 Å². The van der Waals surface area contributed by atoms with Crippen LogP contribution in [-0.4, -0.2) is 30.1 Å². The Hall–Kier alpha value is -0.860. The smallest absolute Gasteiger partial charge is 0.0326 e. The molecule has 94 valence electrons. The molecular formula is C15H24N2. The van der Waals surface area contributed by atoms with Crippen molar-refractivity contribution in [1.82, 2.24) is 10.2 Å². The fraction of sp³-hybridized carbons (Fsp3) is 0.600. The van der Waals surface area contributed by atoms with Crippen molar-refractivity contribution in [3.63, 3.8) is 0 Å². The summed E-state index contributed by atoms with van der Waals surface area (Å²) in [4.78, 5) is 2.61. The van der Waals surface area contributed by atoms with E-state index in [9.17, 15) is 0 Å². The van der Waals surface area contributed by atoms with Crippen LogP contribution in [0.25, 0.3) is 0 Å². The standard InChI is InChI=1S/C15H24N2/c1-11-7-5-6-8-15(11)14(4)17-10-12(2)16-9-13(17)3/h5-8,12-14,16H,9-10H2,1-4H3. The third kappa shape index (κ3) is 2.70. The van der Waals surface area contributed by atoms with Crippen molar-refractivity contribution in [2.24, 2.45) is 0 Å². The Morgan fingerprint density at radius 3 is 2.71 bits per heavy atom. The first kappa shape index (κ1) is 12.6. The number of hydrogen-bond acceptors (Lipinski definition) is 2. The predicted octanol–water partition coefficient (Wildman–Crippen LogP) is 2.74. The highest BCUT2D eigenvalue weighted by atomic mass is 15.2. The third-order valence-corrected chi connectivity index (χ3v) is 3.95. The molecule has 0 aliphatic carbocycles. The van der Waals surface area contributed by atoms with Crippen molar-refractivity contribution < 1.29 is 0 Å². The first-order valence-corrected chi connectivity index (χ1v) is 6.64. The van der Waals surface area contributed by atoms with Gasteiger partial charge in [0.2, 0.25) is 0 Å². The van der Waals surface area contributed by atoms with Crippen LogP contribution in [0, 0.1) is 6.92 Å². The molecular weight excluding hydrogens is 208 g/mol. The monoisotopic (exact) mass is 232 g/mol. The van der Waals surface area contributed by atoms with E-state index in [0.29, 0.717) is 18.1 Å². The molecule has 1 aromatic rings. The molecule has 1 heterocycles. The van der Waals surface area contributed by atoms with E-state index in [-0.39, 0.29) is 0 Å². The van der Waals surface area contributed by atoms with E-state index in [1.807, 2.05) is 0 Å². The van der Waals surface area contributed by atoms with Crippen LogP contribution in [0.3, 0.4) is 0 Å². The van der Waals surface area contributed by atoms with Gasteiger partial charge in [0.05, 0.1) is 0 Å². The summed E-state index contributed by atoms with van der Waals surface area (Å²) >= 11 is 0. The summed E-state index contributed by atoms with van der Waals surface area (Å²) in [6, 6.07) is 10.5.